The van der Waals surface area contributed by atoms with Crippen molar-refractivity contribution in [3.8, 4) is 0 Å². The molecule has 2 aliphatic rings. The largest absolute Gasteiger partial charge is 0.468 e. The zero-order valence-corrected chi connectivity index (χ0v) is 8.57. The molecule has 76 valence electrons. The topological polar surface area (TPSA) is 25.2 Å². The Morgan fingerprint density at radius 3 is 3.00 bits per heavy atom. The van der Waals surface area contributed by atoms with Crippen molar-refractivity contribution >= 4 is 0 Å². The van der Waals surface area contributed by atoms with Crippen LogP contribution in [0.3, 0.4) is 0 Å². The highest BCUT2D eigenvalue weighted by molar-refractivity contribution is 5.07. The minimum Gasteiger partial charge on any atom is -0.468 e. The Kier molecular flexibility index (Phi) is 1.91. The average Bonchev–Trinajstić information content (AvgIpc) is 2.66. The van der Waals surface area contributed by atoms with Gasteiger partial charge in [-0.25, -0.2) is 0 Å². The summed E-state index contributed by atoms with van der Waals surface area (Å²) in [6.45, 7) is 2.19. The summed E-state index contributed by atoms with van der Waals surface area (Å²) in [7, 11) is 0. The summed E-state index contributed by atoms with van der Waals surface area (Å²) in [5, 5.41) is 3.68. The van der Waals surface area contributed by atoms with E-state index in [4.69, 9.17) is 4.42 Å². The second-order valence-corrected chi connectivity index (χ2v) is 4.75. The van der Waals surface area contributed by atoms with E-state index in [0.717, 1.165) is 23.6 Å². The smallest absolute Gasteiger partial charge is 0.120 e. The predicted octanol–water partition coefficient (Wildman–Crippen LogP) is 2.73. The van der Waals surface area contributed by atoms with E-state index < -0.39 is 0 Å². The Balaban J connectivity index is 1.61. The standard InChI is InChI=1S/C12H17NO/c1-8(12-3-2-6-14-12)13-11-5-4-9-7-10(9)11/h2-3,6,8-11,13H,4-5,7H2,1H3/t8-,9+,10-,11?/m0/s1. The summed E-state index contributed by atoms with van der Waals surface area (Å²) >= 11 is 0. The number of furan rings is 1. The third-order valence-electron chi connectivity index (χ3n) is 3.78. The van der Waals surface area contributed by atoms with Crippen LogP contribution >= 0.6 is 0 Å². The quantitative estimate of drug-likeness (QED) is 0.794. The Morgan fingerprint density at radius 2 is 2.43 bits per heavy atom. The second kappa shape index (κ2) is 3.13. The molecular formula is C12H17NO. The molecule has 0 radical (unpaired) electrons. The van der Waals surface area contributed by atoms with Crippen LogP contribution in [0.5, 0.6) is 0 Å². The van der Waals surface area contributed by atoms with Crippen LogP contribution in [0.4, 0.5) is 0 Å². The Hall–Kier alpha value is -0.760. The van der Waals surface area contributed by atoms with Crippen molar-refractivity contribution in [2.24, 2.45) is 11.8 Å². The Morgan fingerprint density at radius 1 is 1.50 bits per heavy atom. The molecule has 2 nitrogen and oxygen atoms in total. The van der Waals surface area contributed by atoms with Gasteiger partial charge in [-0.3, -0.25) is 0 Å². The van der Waals surface area contributed by atoms with Gasteiger partial charge in [0, 0.05) is 6.04 Å². The molecular weight excluding hydrogens is 174 g/mol. The van der Waals surface area contributed by atoms with Gasteiger partial charge in [0.2, 0.25) is 0 Å². The maximum atomic E-state index is 5.39. The van der Waals surface area contributed by atoms with Gasteiger partial charge in [0.25, 0.3) is 0 Å². The summed E-state index contributed by atoms with van der Waals surface area (Å²) in [6.07, 6.45) is 6.01. The molecule has 2 heteroatoms. The Labute approximate surface area is 84.7 Å². The van der Waals surface area contributed by atoms with Crippen molar-refractivity contribution < 1.29 is 4.42 Å². The molecule has 1 N–H and O–H groups in total. The highest BCUT2D eigenvalue weighted by atomic mass is 16.3. The molecule has 3 rings (SSSR count). The van der Waals surface area contributed by atoms with Gasteiger partial charge in [-0.05, 0) is 50.2 Å². The summed E-state index contributed by atoms with van der Waals surface area (Å²) in [5.41, 5.74) is 0. The van der Waals surface area contributed by atoms with E-state index in [9.17, 15) is 0 Å². The average molecular weight is 191 g/mol. The SMILES string of the molecule is C[C@H](NC1CC[C@@H]2C[C@H]12)c1ccco1. The van der Waals surface area contributed by atoms with Crippen LogP contribution in [0.25, 0.3) is 0 Å². The highest BCUT2D eigenvalue weighted by Gasteiger charge is 2.48. The van der Waals surface area contributed by atoms with Crippen LogP contribution in [0.15, 0.2) is 22.8 Å². The van der Waals surface area contributed by atoms with Crippen LogP contribution in [0.2, 0.25) is 0 Å². The van der Waals surface area contributed by atoms with Gasteiger partial charge in [-0.15, -0.1) is 0 Å². The van der Waals surface area contributed by atoms with E-state index in [2.05, 4.69) is 18.3 Å². The van der Waals surface area contributed by atoms with Gasteiger partial charge < -0.3 is 9.73 Å². The van der Waals surface area contributed by atoms with Gasteiger partial charge in [-0.1, -0.05) is 0 Å². The van der Waals surface area contributed by atoms with Crippen LogP contribution in [0.1, 0.15) is 38.0 Å². The summed E-state index contributed by atoms with van der Waals surface area (Å²) in [6, 6.07) is 5.13. The van der Waals surface area contributed by atoms with Crippen molar-refractivity contribution in [2.45, 2.75) is 38.3 Å². The molecule has 0 spiro atoms. The number of rotatable bonds is 3. The molecule has 0 saturated heterocycles. The first-order valence-corrected chi connectivity index (χ1v) is 5.64. The molecule has 0 aliphatic heterocycles. The first kappa shape index (κ1) is 8.54. The molecule has 4 atom stereocenters. The fourth-order valence-electron chi connectivity index (χ4n) is 2.85. The summed E-state index contributed by atoms with van der Waals surface area (Å²) < 4.78 is 5.39. The van der Waals surface area contributed by atoms with Crippen molar-refractivity contribution in [1.82, 2.24) is 5.32 Å². The molecule has 0 amide bonds. The van der Waals surface area contributed by atoms with E-state index in [1.807, 2.05) is 6.07 Å². The molecule has 1 aromatic heterocycles. The van der Waals surface area contributed by atoms with Crippen LogP contribution in [0, 0.1) is 11.8 Å². The monoisotopic (exact) mass is 191 g/mol. The third kappa shape index (κ3) is 1.38. The molecule has 14 heavy (non-hydrogen) atoms. The third-order valence-corrected chi connectivity index (χ3v) is 3.78. The zero-order chi connectivity index (χ0) is 9.54. The van der Waals surface area contributed by atoms with Gasteiger partial charge in [0.1, 0.15) is 5.76 Å². The van der Waals surface area contributed by atoms with Crippen LogP contribution < -0.4 is 5.32 Å². The molecule has 0 bridgehead atoms. The zero-order valence-electron chi connectivity index (χ0n) is 8.57. The normalized spacial score (nSPS) is 36.8. The van der Waals surface area contributed by atoms with Gasteiger partial charge in [0.15, 0.2) is 0 Å². The fourth-order valence-corrected chi connectivity index (χ4v) is 2.85. The molecule has 2 saturated carbocycles. The van der Waals surface area contributed by atoms with E-state index in [-0.39, 0.29) is 0 Å². The van der Waals surface area contributed by atoms with Gasteiger partial charge in [-0.2, -0.15) is 0 Å². The van der Waals surface area contributed by atoms with Crippen molar-refractivity contribution in [3.63, 3.8) is 0 Å². The summed E-state index contributed by atoms with van der Waals surface area (Å²) in [5.74, 6) is 3.10. The molecule has 1 unspecified atom stereocenters. The van der Waals surface area contributed by atoms with E-state index >= 15 is 0 Å². The minimum atomic E-state index is 0.370. The van der Waals surface area contributed by atoms with Gasteiger partial charge in [0.05, 0.1) is 12.3 Å². The first-order chi connectivity index (χ1) is 6.84. The van der Waals surface area contributed by atoms with Crippen molar-refractivity contribution in [3.05, 3.63) is 24.2 Å². The molecule has 2 aliphatic carbocycles. The second-order valence-electron chi connectivity index (χ2n) is 4.75. The lowest BCUT2D eigenvalue weighted by Gasteiger charge is -2.18. The first-order valence-electron chi connectivity index (χ1n) is 5.64. The minimum absolute atomic E-state index is 0.370. The summed E-state index contributed by atoms with van der Waals surface area (Å²) in [4.78, 5) is 0. The highest BCUT2D eigenvalue weighted by Crippen LogP contribution is 2.52. The Bertz CT molecular complexity index is 306. The number of hydrogen-bond donors (Lipinski definition) is 1. The number of nitrogens with one attached hydrogen (secondary N) is 1. The van der Waals surface area contributed by atoms with E-state index in [0.29, 0.717) is 6.04 Å². The lowest BCUT2D eigenvalue weighted by Crippen LogP contribution is -2.31. The van der Waals surface area contributed by atoms with Gasteiger partial charge >= 0.3 is 0 Å². The molecule has 1 aromatic rings. The van der Waals surface area contributed by atoms with Crippen LogP contribution in [-0.2, 0) is 0 Å². The molecule has 0 aromatic carbocycles. The lowest BCUT2D eigenvalue weighted by atomic mass is 10.1. The lowest BCUT2D eigenvalue weighted by molar-refractivity contribution is 0.371. The van der Waals surface area contributed by atoms with E-state index in [1.165, 1.54) is 19.3 Å². The maximum absolute atomic E-state index is 5.39. The number of hydrogen-bond acceptors (Lipinski definition) is 2. The molecule has 2 fully saturated rings. The van der Waals surface area contributed by atoms with E-state index in [1.54, 1.807) is 6.26 Å². The maximum Gasteiger partial charge on any atom is 0.120 e. The number of fused-ring (bicyclic) bond motifs is 1. The van der Waals surface area contributed by atoms with Crippen molar-refractivity contribution in [2.75, 3.05) is 0 Å². The van der Waals surface area contributed by atoms with Crippen molar-refractivity contribution in [1.29, 1.82) is 0 Å². The van der Waals surface area contributed by atoms with Crippen LogP contribution in [-0.4, -0.2) is 6.04 Å². The predicted molar refractivity (Wildman–Crippen MR) is 54.9 cm³/mol. The fraction of sp³-hybridized carbons (Fsp3) is 0.667. The molecule has 1 heterocycles.